The fourth-order valence-corrected chi connectivity index (χ4v) is 3.54. The predicted octanol–water partition coefficient (Wildman–Crippen LogP) is 2.70. The van der Waals surface area contributed by atoms with Gasteiger partial charge in [-0.2, -0.15) is 0 Å². The molecule has 1 aliphatic heterocycles. The maximum absolute atomic E-state index is 11.7. The van der Waals surface area contributed by atoms with Crippen LogP contribution in [0.15, 0.2) is 30.4 Å². The number of hydrogen-bond acceptors (Lipinski definition) is 4. The number of nitrogens with one attached hydrogen (secondary N) is 1. The van der Waals surface area contributed by atoms with E-state index in [1.165, 1.54) is 12.7 Å². The van der Waals surface area contributed by atoms with Gasteiger partial charge in [-0.05, 0) is 48.9 Å². The van der Waals surface area contributed by atoms with Crippen LogP contribution in [0.1, 0.15) is 41.1 Å². The molecular formula is C17H21NO3. The van der Waals surface area contributed by atoms with Crippen LogP contribution in [0, 0.1) is 5.92 Å². The lowest BCUT2D eigenvalue weighted by Gasteiger charge is -2.37. The Morgan fingerprint density at radius 3 is 3.10 bits per heavy atom. The SMILES string of the molecule is COC(=O)c1ccc2c(c1)[C@H]1C=CC[C@H]1[C@@H](CCCO)N2. The zero-order valence-electron chi connectivity index (χ0n) is 12.2. The first kappa shape index (κ1) is 14.1. The molecule has 0 aromatic heterocycles. The van der Waals surface area contributed by atoms with Crippen molar-refractivity contribution in [2.75, 3.05) is 19.0 Å². The minimum absolute atomic E-state index is 0.233. The van der Waals surface area contributed by atoms with Crippen molar-refractivity contribution in [3.8, 4) is 0 Å². The van der Waals surface area contributed by atoms with E-state index in [9.17, 15) is 4.79 Å². The van der Waals surface area contributed by atoms with Gasteiger partial charge in [-0.15, -0.1) is 0 Å². The number of aliphatic hydroxyl groups excluding tert-OH is 1. The highest BCUT2D eigenvalue weighted by atomic mass is 16.5. The van der Waals surface area contributed by atoms with E-state index in [0.29, 0.717) is 23.4 Å². The predicted molar refractivity (Wildman–Crippen MR) is 81.5 cm³/mol. The third-order valence-corrected chi connectivity index (χ3v) is 4.58. The number of methoxy groups -OCH3 is 1. The summed E-state index contributed by atoms with van der Waals surface area (Å²) < 4.78 is 4.81. The fourth-order valence-electron chi connectivity index (χ4n) is 3.54. The van der Waals surface area contributed by atoms with E-state index in [1.807, 2.05) is 12.1 Å². The number of carbonyl (C=O) groups excluding carboxylic acids is 1. The molecule has 21 heavy (non-hydrogen) atoms. The number of aliphatic hydroxyl groups is 1. The standard InChI is InChI=1S/C17H21NO3/c1-21-17(20)11-7-8-16-14(10-11)12-4-2-5-13(12)15(18-16)6-3-9-19/h2,4,7-8,10,12-13,15,18-19H,3,5-6,9H2,1H3/t12-,13+,15+/m0/s1. The Morgan fingerprint density at radius 2 is 2.33 bits per heavy atom. The number of esters is 1. The van der Waals surface area contributed by atoms with Gasteiger partial charge >= 0.3 is 5.97 Å². The summed E-state index contributed by atoms with van der Waals surface area (Å²) >= 11 is 0. The molecule has 3 atom stereocenters. The molecule has 0 radical (unpaired) electrons. The Bertz CT molecular complexity index is 567. The molecule has 0 amide bonds. The number of carbonyl (C=O) groups is 1. The maximum Gasteiger partial charge on any atom is 0.337 e. The summed E-state index contributed by atoms with van der Waals surface area (Å²) in [4.78, 5) is 11.7. The quantitative estimate of drug-likeness (QED) is 0.660. The van der Waals surface area contributed by atoms with Gasteiger partial charge in [0.25, 0.3) is 0 Å². The van der Waals surface area contributed by atoms with Crippen molar-refractivity contribution in [2.24, 2.45) is 5.92 Å². The summed E-state index contributed by atoms with van der Waals surface area (Å²) in [5.74, 6) is 0.574. The highest BCUT2D eigenvalue weighted by Crippen LogP contribution is 2.45. The summed E-state index contributed by atoms with van der Waals surface area (Å²) in [6.45, 7) is 0.233. The number of ether oxygens (including phenoxy) is 1. The van der Waals surface area contributed by atoms with Crippen LogP contribution in [0.4, 0.5) is 5.69 Å². The van der Waals surface area contributed by atoms with Crippen LogP contribution in [0.2, 0.25) is 0 Å². The van der Waals surface area contributed by atoms with Crippen molar-refractivity contribution < 1.29 is 14.6 Å². The van der Waals surface area contributed by atoms with Gasteiger partial charge in [0.2, 0.25) is 0 Å². The van der Waals surface area contributed by atoms with Gasteiger partial charge in [-0.3, -0.25) is 0 Å². The molecule has 2 aliphatic rings. The molecule has 2 N–H and O–H groups in total. The number of allylic oxidation sites excluding steroid dienone is 2. The number of rotatable bonds is 4. The van der Waals surface area contributed by atoms with Crippen LogP contribution in [0.25, 0.3) is 0 Å². The summed E-state index contributed by atoms with van der Waals surface area (Å²) in [5, 5.41) is 12.6. The maximum atomic E-state index is 11.7. The highest BCUT2D eigenvalue weighted by molar-refractivity contribution is 5.90. The van der Waals surface area contributed by atoms with Crippen molar-refractivity contribution in [2.45, 2.75) is 31.2 Å². The highest BCUT2D eigenvalue weighted by Gasteiger charge is 2.36. The molecule has 0 saturated carbocycles. The molecule has 0 saturated heterocycles. The van der Waals surface area contributed by atoms with Crippen molar-refractivity contribution in [1.82, 2.24) is 0 Å². The van der Waals surface area contributed by atoms with Gasteiger partial charge in [-0.1, -0.05) is 12.2 Å². The van der Waals surface area contributed by atoms with Crippen LogP contribution in [0.5, 0.6) is 0 Å². The van der Waals surface area contributed by atoms with Crippen LogP contribution in [-0.4, -0.2) is 30.8 Å². The van der Waals surface area contributed by atoms with Gasteiger partial charge in [0.1, 0.15) is 0 Å². The molecular weight excluding hydrogens is 266 g/mol. The molecule has 1 aromatic carbocycles. The molecule has 0 unspecified atom stereocenters. The molecule has 1 aliphatic carbocycles. The fraction of sp³-hybridized carbons (Fsp3) is 0.471. The second kappa shape index (κ2) is 5.90. The second-order valence-corrected chi connectivity index (χ2v) is 5.76. The number of anilines is 1. The average Bonchev–Trinajstić information content (AvgIpc) is 3.01. The van der Waals surface area contributed by atoms with Crippen LogP contribution in [0.3, 0.4) is 0 Å². The third kappa shape index (κ3) is 2.56. The number of benzene rings is 1. The Kier molecular flexibility index (Phi) is 3.97. The monoisotopic (exact) mass is 287 g/mol. The molecule has 0 bridgehead atoms. The van der Waals surface area contributed by atoms with Gasteiger partial charge in [0.05, 0.1) is 12.7 Å². The zero-order valence-corrected chi connectivity index (χ0v) is 12.2. The Balaban J connectivity index is 1.92. The normalized spacial score (nSPS) is 25.9. The Hall–Kier alpha value is -1.81. The largest absolute Gasteiger partial charge is 0.465 e. The molecule has 1 heterocycles. The molecule has 4 nitrogen and oxygen atoms in total. The average molecular weight is 287 g/mol. The van der Waals surface area contributed by atoms with E-state index in [4.69, 9.17) is 9.84 Å². The lowest BCUT2D eigenvalue weighted by molar-refractivity contribution is 0.0600. The minimum Gasteiger partial charge on any atom is -0.465 e. The molecule has 0 fully saturated rings. The van der Waals surface area contributed by atoms with Crippen LogP contribution >= 0.6 is 0 Å². The van der Waals surface area contributed by atoms with Crippen molar-refractivity contribution in [1.29, 1.82) is 0 Å². The summed E-state index contributed by atoms with van der Waals surface area (Å²) in [6, 6.07) is 6.10. The topological polar surface area (TPSA) is 58.6 Å². The second-order valence-electron chi connectivity index (χ2n) is 5.76. The minimum atomic E-state index is -0.293. The first-order valence-electron chi connectivity index (χ1n) is 7.51. The van der Waals surface area contributed by atoms with Gasteiger partial charge in [-0.25, -0.2) is 4.79 Å². The molecule has 112 valence electrons. The smallest absolute Gasteiger partial charge is 0.337 e. The van der Waals surface area contributed by atoms with Gasteiger partial charge < -0.3 is 15.2 Å². The number of fused-ring (bicyclic) bond motifs is 3. The van der Waals surface area contributed by atoms with E-state index in [1.54, 1.807) is 6.07 Å². The molecule has 4 heteroatoms. The van der Waals surface area contributed by atoms with Crippen LogP contribution in [-0.2, 0) is 4.74 Å². The lowest BCUT2D eigenvalue weighted by atomic mass is 9.77. The number of hydrogen-bond donors (Lipinski definition) is 2. The van der Waals surface area contributed by atoms with E-state index >= 15 is 0 Å². The third-order valence-electron chi connectivity index (χ3n) is 4.58. The summed E-state index contributed by atoms with van der Waals surface area (Å²) in [7, 11) is 1.41. The Morgan fingerprint density at radius 1 is 1.48 bits per heavy atom. The van der Waals surface area contributed by atoms with Gasteiger partial charge in [0.15, 0.2) is 0 Å². The first-order valence-corrected chi connectivity index (χ1v) is 7.51. The molecule has 1 aromatic rings. The zero-order chi connectivity index (χ0) is 14.8. The van der Waals surface area contributed by atoms with E-state index < -0.39 is 0 Å². The summed E-state index contributed by atoms with van der Waals surface area (Å²) in [5.41, 5.74) is 2.88. The summed E-state index contributed by atoms with van der Waals surface area (Å²) in [6.07, 6.45) is 7.31. The van der Waals surface area contributed by atoms with Crippen LogP contribution < -0.4 is 5.32 Å². The van der Waals surface area contributed by atoms with Crippen molar-refractivity contribution >= 4 is 11.7 Å². The Labute approximate surface area is 124 Å². The van der Waals surface area contributed by atoms with Gasteiger partial charge in [0, 0.05) is 24.3 Å². The van der Waals surface area contributed by atoms with E-state index in [0.717, 1.165) is 24.9 Å². The van der Waals surface area contributed by atoms with E-state index in [-0.39, 0.29) is 12.6 Å². The van der Waals surface area contributed by atoms with Crippen molar-refractivity contribution in [3.05, 3.63) is 41.5 Å². The van der Waals surface area contributed by atoms with E-state index in [2.05, 4.69) is 17.5 Å². The molecule has 0 spiro atoms. The lowest BCUT2D eigenvalue weighted by Crippen LogP contribution is -2.36. The first-order chi connectivity index (χ1) is 10.2. The molecule has 3 rings (SSSR count). The van der Waals surface area contributed by atoms with Crippen molar-refractivity contribution in [3.63, 3.8) is 0 Å².